The molecule has 2 saturated heterocycles. The number of hydrogen-bond donors (Lipinski definition) is 1. The summed E-state index contributed by atoms with van der Waals surface area (Å²) in [6.45, 7) is 2.15. The van der Waals surface area contributed by atoms with E-state index < -0.39 is 0 Å². The first-order valence-electron chi connectivity index (χ1n) is 3.68. The standard InChI is InChI=1S/C7H14N2/c1-9-4-6-2-7(9,3-6)5-8/h6H,2-5,8H2,1H3. The second-order valence-corrected chi connectivity index (χ2v) is 3.58. The van der Waals surface area contributed by atoms with Gasteiger partial charge in [0.05, 0.1) is 0 Å². The minimum absolute atomic E-state index is 0.449. The van der Waals surface area contributed by atoms with Crippen molar-refractivity contribution in [2.24, 2.45) is 11.7 Å². The van der Waals surface area contributed by atoms with E-state index in [9.17, 15) is 0 Å². The van der Waals surface area contributed by atoms with E-state index in [0.29, 0.717) is 5.54 Å². The number of nitrogens with two attached hydrogens (primary N) is 1. The summed E-state index contributed by atoms with van der Waals surface area (Å²) in [6, 6.07) is 0. The Morgan fingerprint density at radius 3 is 2.56 bits per heavy atom. The molecule has 2 bridgehead atoms. The monoisotopic (exact) mass is 126 g/mol. The topological polar surface area (TPSA) is 29.3 Å². The molecule has 0 unspecified atom stereocenters. The largest absolute Gasteiger partial charge is 0.329 e. The summed E-state index contributed by atoms with van der Waals surface area (Å²) in [4.78, 5) is 2.43. The number of rotatable bonds is 1. The van der Waals surface area contributed by atoms with E-state index in [0.717, 1.165) is 12.5 Å². The molecule has 0 amide bonds. The first-order chi connectivity index (χ1) is 4.27. The van der Waals surface area contributed by atoms with Gasteiger partial charge in [-0.2, -0.15) is 0 Å². The van der Waals surface area contributed by atoms with Crippen LogP contribution in [0.2, 0.25) is 0 Å². The van der Waals surface area contributed by atoms with Gasteiger partial charge in [0, 0.05) is 18.6 Å². The van der Waals surface area contributed by atoms with Crippen molar-refractivity contribution < 1.29 is 0 Å². The Kier molecular flexibility index (Phi) is 0.945. The minimum Gasteiger partial charge on any atom is -0.329 e. The molecule has 0 aromatic carbocycles. The lowest BCUT2D eigenvalue weighted by Crippen LogP contribution is -2.50. The van der Waals surface area contributed by atoms with Gasteiger partial charge in [-0.15, -0.1) is 0 Å². The fraction of sp³-hybridized carbons (Fsp3) is 1.00. The van der Waals surface area contributed by atoms with Crippen LogP contribution in [0.25, 0.3) is 0 Å². The van der Waals surface area contributed by atoms with Gasteiger partial charge < -0.3 is 5.73 Å². The quantitative estimate of drug-likeness (QED) is 0.537. The third kappa shape index (κ3) is 0.528. The molecule has 9 heavy (non-hydrogen) atoms. The number of likely N-dealkylation sites (N-methyl/N-ethyl adjacent to an activating group) is 1. The predicted molar refractivity (Wildman–Crippen MR) is 37.1 cm³/mol. The summed E-state index contributed by atoms with van der Waals surface area (Å²) >= 11 is 0. The van der Waals surface area contributed by atoms with Gasteiger partial charge in [-0.1, -0.05) is 0 Å². The molecule has 1 aliphatic carbocycles. The Bertz CT molecular complexity index is 127. The molecule has 2 aliphatic heterocycles. The van der Waals surface area contributed by atoms with Crippen LogP contribution < -0.4 is 5.73 Å². The predicted octanol–water partition coefficient (Wildman–Crippen LogP) is 0.0393. The maximum absolute atomic E-state index is 5.65. The smallest absolute Gasteiger partial charge is 0.0335 e. The summed E-state index contributed by atoms with van der Waals surface area (Å²) in [6.07, 6.45) is 2.72. The van der Waals surface area contributed by atoms with Crippen LogP contribution >= 0.6 is 0 Å². The summed E-state index contributed by atoms with van der Waals surface area (Å²) in [7, 11) is 2.19. The summed E-state index contributed by atoms with van der Waals surface area (Å²) < 4.78 is 0. The molecule has 0 radical (unpaired) electrons. The van der Waals surface area contributed by atoms with Crippen molar-refractivity contribution in [3.8, 4) is 0 Å². The second-order valence-electron chi connectivity index (χ2n) is 3.58. The molecule has 2 nitrogen and oxygen atoms in total. The molecule has 0 atom stereocenters. The van der Waals surface area contributed by atoms with E-state index in [2.05, 4.69) is 11.9 Å². The lowest BCUT2D eigenvalue weighted by molar-refractivity contribution is 0.140. The van der Waals surface area contributed by atoms with Crippen LogP contribution in [0.5, 0.6) is 0 Å². The van der Waals surface area contributed by atoms with Gasteiger partial charge >= 0.3 is 0 Å². The molecule has 52 valence electrons. The number of hydrogen-bond acceptors (Lipinski definition) is 2. The van der Waals surface area contributed by atoms with Crippen molar-refractivity contribution in [1.82, 2.24) is 4.90 Å². The molecule has 0 spiro atoms. The van der Waals surface area contributed by atoms with Gasteiger partial charge in [-0.3, -0.25) is 4.90 Å². The van der Waals surface area contributed by atoms with Crippen LogP contribution in [0.3, 0.4) is 0 Å². The first-order valence-corrected chi connectivity index (χ1v) is 3.68. The lowest BCUT2D eigenvalue weighted by Gasteiger charge is -2.40. The third-order valence-corrected chi connectivity index (χ3v) is 3.06. The fourth-order valence-corrected chi connectivity index (χ4v) is 2.36. The normalized spacial score (nSPS) is 49.3. The van der Waals surface area contributed by atoms with Crippen LogP contribution in [0.1, 0.15) is 12.8 Å². The van der Waals surface area contributed by atoms with Gasteiger partial charge in [0.1, 0.15) is 0 Å². The molecule has 1 saturated carbocycles. The Morgan fingerprint density at radius 1 is 1.67 bits per heavy atom. The highest BCUT2D eigenvalue weighted by Gasteiger charge is 2.52. The Hall–Kier alpha value is -0.0800. The highest BCUT2D eigenvalue weighted by atomic mass is 15.2. The molecule has 2 N–H and O–H groups in total. The van der Waals surface area contributed by atoms with Gasteiger partial charge in [-0.25, -0.2) is 0 Å². The van der Waals surface area contributed by atoms with Gasteiger partial charge in [0.25, 0.3) is 0 Å². The van der Waals surface area contributed by atoms with E-state index in [1.807, 2.05) is 0 Å². The average molecular weight is 126 g/mol. The average Bonchev–Trinajstić information content (AvgIpc) is 2.17. The lowest BCUT2D eigenvalue weighted by atomic mass is 9.73. The molecular weight excluding hydrogens is 112 g/mol. The molecular formula is C7H14N2. The summed E-state index contributed by atoms with van der Waals surface area (Å²) in [5, 5.41) is 0. The van der Waals surface area contributed by atoms with Crippen molar-refractivity contribution in [2.75, 3.05) is 20.1 Å². The van der Waals surface area contributed by atoms with Crippen molar-refractivity contribution in [3.63, 3.8) is 0 Å². The zero-order valence-electron chi connectivity index (χ0n) is 5.93. The molecule has 2 heteroatoms. The Labute approximate surface area is 56.0 Å². The highest BCUT2D eigenvalue weighted by molar-refractivity contribution is 5.09. The Morgan fingerprint density at radius 2 is 2.33 bits per heavy atom. The van der Waals surface area contributed by atoms with Gasteiger partial charge in [0.2, 0.25) is 0 Å². The van der Waals surface area contributed by atoms with Gasteiger partial charge in [0.15, 0.2) is 0 Å². The van der Waals surface area contributed by atoms with E-state index in [-0.39, 0.29) is 0 Å². The molecule has 3 fully saturated rings. The third-order valence-electron chi connectivity index (χ3n) is 3.06. The van der Waals surface area contributed by atoms with Crippen molar-refractivity contribution in [3.05, 3.63) is 0 Å². The van der Waals surface area contributed by atoms with E-state index in [1.165, 1.54) is 19.4 Å². The Balaban J connectivity index is 2.15. The molecule has 3 aliphatic rings. The van der Waals surface area contributed by atoms with Crippen LogP contribution in [-0.4, -0.2) is 30.6 Å². The summed E-state index contributed by atoms with van der Waals surface area (Å²) in [5.41, 5.74) is 6.10. The fourth-order valence-electron chi connectivity index (χ4n) is 2.36. The molecule has 0 aromatic heterocycles. The molecule has 3 rings (SSSR count). The minimum atomic E-state index is 0.449. The van der Waals surface area contributed by atoms with E-state index in [1.54, 1.807) is 0 Å². The van der Waals surface area contributed by atoms with Gasteiger partial charge in [-0.05, 0) is 25.8 Å². The molecule has 0 aromatic rings. The maximum atomic E-state index is 5.65. The highest BCUT2D eigenvalue weighted by Crippen LogP contribution is 2.48. The van der Waals surface area contributed by atoms with Crippen molar-refractivity contribution >= 4 is 0 Å². The van der Waals surface area contributed by atoms with Crippen LogP contribution in [-0.2, 0) is 0 Å². The van der Waals surface area contributed by atoms with E-state index >= 15 is 0 Å². The number of fused-ring (bicyclic) bond motifs is 1. The van der Waals surface area contributed by atoms with Crippen LogP contribution in [0.4, 0.5) is 0 Å². The molecule has 2 heterocycles. The van der Waals surface area contributed by atoms with Crippen LogP contribution in [0.15, 0.2) is 0 Å². The zero-order chi connectivity index (χ0) is 6.48. The second kappa shape index (κ2) is 1.50. The van der Waals surface area contributed by atoms with E-state index in [4.69, 9.17) is 5.73 Å². The summed E-state index contributed by atoms with van der Waals surface area (Å²) in [5.74, 6) is 0.985. The number of nitrogens with zero attached hydrogens (tertiary/aromatic N) is 1. The SMILES string of the molecule is CN1CC2CC1(CN)C2. The van der Waals surface area contributed by atoms with Crippen LogP contribution in [0, 0.1) is 5.92 Å². The first kappa shape index (κ1) is 5.69. The van der Waals surface area contributed by atoms with Crippen molar-refractivity contribution in [1.29, 1.82) is 0 Å². The maximum Gasteiger partial charge on any atom is 0.0335 e. The zero-order valence-corrected chi connectivity index (χ0v) is 5.93. The van der Waals surface area contributed by atoms with Crippen molar-refractivity contribution in [2.45, 2.75) is 18.4 Å².